The number of rotatable bonds is 5. The van der Waals surface area contributed by atoms with E-state index in [2.05, 4.69) is 15.1 Å². The molecule has 0 bridgehead atoms. The maximum absolute atomic E-state index is 13.1. The topological polar surface area (TPSA) is 93.2 Å². The monoisotopic (exact) mass is 501 g/mol. The number of benzene rings is 1. The van der Waals surface area contributed by atoms with Crippen molar-refractivity contribution >= 4 is 34.0 Å². The van der Waals surface area contributed by atoms with Crippen molar-refractivity contribution < 1.29 is 18.0 Å². The lowest BCUT2D eigenvalue weighted by Crippen LogP contribution is -2.49. The lowest BCUT2D eigenvalue weighted by atomic mass is 10.1. The van der Waals surface area contributed by atoms with Crippen molar-refractivity contribution in [3.05, 3.63) is 58.9 Å². The van der Waals surface area contributed by atoms with E-state index >= 15 is 0 Å². The van der Waals surface area contributed by atoms with E-state index in [1.165, 1.54) is 24.7 Å². The molecule has 4 heterocycles. The van der Waals surface area contributed by atoms with Crippen molar-refractivity contribution in [2.24, 2.45) is 7.05 Å². The summed E-state index contributed by atoms with van der Waals surface area (Å²) in [5.41, 5.74) is 7.09. The minimum absolute atomic E-state index is 0.0230. The first-order chi connectivity index (χ1) is 16.7. The Labute approximate surface area is 202 Å². The highest BCUT2D eigenvalue weighted by Gasteiger charge is 2.35. The number of nitrogens with zero attached hydrogens (tertiary/aromatic N) is 6. The first kappa shape index (κ1) is 23.2. The van der Waals surface area contributed by atoms with Gasteiger partial charge in [0, 0.05) is 43.5 Å². The maximum atomic E-state index is 13.1. The molecule has 0 unspecified atom stereocenters. The van der Waals surface area contributed by atoms with E-state index in [0.717, 1.165) is 32.1 Å². The molecule has 5 rings (SSSR count). The van der Waals surface area contributed by atoms with E-state index in [-0.39, 0.29) is 12.5 Å². The summed E-state index contributed by atoms with van der Waals surface area (Å²) in [6.45, 7) is 2.59. The fourth-order valence-corrected chi connectivity index (χ4v) is 5.18. The summed E-state index contributed by atoms with van der Waals surface area (Å²) in [6, 6.07) is 10.4. The second kappa shape index (κ2) is 8.93. The van der Waals surface area contributed by atoms with Crippen LogP contribution < -0.4 is 5.73 Å². The van der Waals surface area contributed by atoms with E-state index in [4.69, 9.17) is 5.73 Å². The molecule has 4 aromatic rings. The summed E-state index contributed by atoms with van der Waals surface area (Å²) in [4.78, 5) is 26.5. The Kier molecular flexibility index (Phi) is 5.93. The average Bonchev–Trinajstić information content (AvgIpc) is 3.42. The van der Waals surface area contributed by atoms with Gasteiger partial charge in [-0.2, -0.15) is 18.3 Å². The zero-order valence-electron chi connectivity index (χ0n) is 18.8. The number of nitrogens with two attached hydrogens (primary N) is 1. The molecule has 2 N–H and O–H groups in total. The number of amides is 1. The molecule has 1 saturated heterocycles. The molecule has 182 valence electrons. The molecule has 1 aromatic carbocycles. The number of anilines is 1. The SMILES string of the molecule is Cn1nc(-c2ccc(CN3CCN(Cc4ccc5c(N)ncnc5c4)C(=O)C3)s2)cc1C(F)(F)F. The van der Waals surface area contributed by atoms with Crippen molar-refractivity contribution in [2.45, 2.75) is 19.3 Å². The number of alkyl halides is 3. The van der Waals surface area contributed by atoms with E-state index in [9.17, 15) is 18.0 Å². The predicted molar refractivity (Wildman–Crippen MR) is 126 cm³/mol. The van der Waals surface area contributed by atoms with Crippen molar-refractivity contribution in [2.75, 3.05) is 25.4 Å². The summed E-state index contributed by atoms with van der Waals surface area (Å²) in [7, 11) is 1.28. The van der Waals surface area contributed by atoms with Crippen LogP contribution in [0.1, 0.15) is 16.1 Å². The first-order valence-electron chi connectivity index (χ1n) is 10.9. The normalized spacial score (nSPS) is 15.3. The molecular formula is C23H22F3N7OS. The van der Waals surface area contributed by atoms with Crippen LogP contribution in [0.3, 0.4) is 0 Å². The van der Waals surface area contributed by atoms with Gasteiger partial charge in [-0.15, -0.1) is 11.3 Å². The van der Waals surface area contributed by atoms with Gasteiger partial charge in [0.15, 0.2) is 0 Å². The summed E-state index contributed by atoms with van der Waals surface area (Å²) in [5.74, 6) is 0.446. The number of hydrogen-bond donors (Lipinski definition) is 1. The molecule has 0 spiro atoms. The van der Waals surface area contributed by atoms with Gasteiger partial charge in [-0.3, -0.25) is 14.4 Å². The second-order valence-electron chi connectivity index (χ2n) is 8.44. The Morgan fingerprint density at radius 3 is 2.66 bits per heavy atom. The highest BCUT2D eigenvalue weighted by atomic mass is 32.1. The van der Waals surface area contributed by atoms with Crippen LogP contribution in [-0.2, 0) is 31.1 Å². The summed E-state index contributed by atoms with van der Waals surface area (Å²) in [6.07, 6.45) is -3.03. The van der Waals surface area contributed by atoms with Crippen LogP contribution >= 0.6 is 11.3 Å². The van der Waals surface area contributed by atoms with Crippen LogP contribution in [0.25, 0.3) is 21.5 Å². The molecule has 0 atom stereocenters. The molecule has 1 aliphatic heterocycles. The van der Waals surface area contributed by atoms with Gasteiger partial charge < -0.3 is 10.6 Å². The molecule has 8 nitrogen and oxygen atoms in total. The highest BCUT2D eigenvalue weighted by molar-refractivity contribution is 7.15. The van der Waals surface area contributed by atoms with Gasteiger partial charge in [-0.05, 0) is 35.9 Å². The molecule has 1 fully saturated rings. The standard InChI is InChI=1S/C23H22F3N7OS/c1-31-20(23(24,25)26)9-18(30-31)19-5-3-15(35-19)11-32-6-7-33(21(34)12-32)10-14-2-4-16-17(8-14)28-13-29-22(16)27/h2-5,8-9,13H,6-7,10-12H2,1H3,(H2,27,28,29). The highest BCUT2D eigenvalue weighted by Crippen LogP contribution is 2.34. The van der Waals surface area contributed by atoms with E-state index in [1.54, 1.807) is 6.07 Å². The molecule has 3 aromatic heterocycles. The van der Waals surface area contributed by atoms with Gasteiger partial charge >= 0.3 is 6.18 Å². The smallest absolute Gasteiger partial charge is 0.383 e. The number of nitrogen functional groups attached to an aromatic ring is 1. The number of thiophene rings is 1. The van der Waals surface area contributed by atoms with Gasteiger partial charge in [-0.1, -0.05) is 6.07 Å². The van der Waals surface area contributed by atoms with E-state index in [0.29, 0.717) is 42.6 Å². The summed E-state index contributed by atoms with van der Waals surface area (Å²) in [5, 5.41) is 4.79. The Morgan fingerprint density at radius 2 is 1.91 bits per heavy atom. The lowest BCUT2D eigenvalue weighted by molar-refractivity contribution is -0.143. The van der Waals surface area contributed by atoms with Crippen LogP contribution in [0, 0.1) is 0 Å². The molecule has 12 heteroatoms. The molecule has 0 aliphatic carbocycles. The van der Waals surface area contributed by atoms with E-state index < -0.39 is 11.9 Å². The zero-order chi connectivity index (χ0) is 24.7. The van der Waals surface area contributed by atoms with Crippen LogP contribution in [-0.4, -0.2) is 55.1 Å². The number of hydrogen-bond acceptors (Lipinski definition) is 7. The van der Waals surface area contributed by atoms with Crippen molar-refractivity contribution in [1.29, 1.82) is 0 Å². The summed E-state index contributed by atoms with van der Waals surface area (Å²) < 4.78 is 40.1. The number of piperazine rings is 1. The molecule has 1 amide bonds. The second-order valence-corrected chi connectivity index (χ2v) is 9.61. The first-order valence-corrected chi connectivity index (χ1v) is 11.7. The molecule has 0 radical (unpaired) electrons. The molecule has 0 saturated carbocycles. The molecule has 35 heavy (non-hydrogen) atoms. The number of aromatic nitrogens is 4. The van der Waals surface area contributed by atoms with Crippen LogP contribution in [0.15, 0.2) is 42.7 Å². The van der Waals surface area contributed by atoms with E-state index in [1.807, 2.05) is 34.1 Å². The maximum Gasteiger partial charge on any atom is 0.433 e. The Hall–Kier alpha value is -3.51. The van der Waals surface area contributed by atoms with Gasteiger partial charge in [0.25, 0.3) is 0 Å². The Balaban J connectivity index is 1.21. The Bertz CT molecular complexity index is 1400. The van der Waals surface area contributed by atoms with Gasteiger partial charge in [-0.25, -0.2) is 9.97 Å². The fourth-order valence-electron chi connectivity index (χ4n) is 4.18. The third-order valence-electron chi connectivity index (χ3n) is 5.97. The quantitative estimate of drug-likeness (QED) is 0.450. The van der Waals surface area contributed by atoms with Gasteiger partial charge in [0.05, 0.1) is 16.9 Å². The number of fused-ring (bicyclic) bond motifs is 1. The van der Waals surface area contributed by atoms with Gasteiger partial charge in [0.1, 0.15) is 23.5 Å². The zero-order valence-corrected chi connectivity index (χ0v) is 19.6. The number of aryl methyl sites for hydroxylation is 1. The third kappa shape index (κ3) is 4.84. The van der Waals surface area contributed by atoms with Gasteiger partial charge in [0.2, 0.25) is 5.91 Å². The fraction of sp³-hybridized carbons (Fsp3) is 0.304. The Morgan fingerprint density at radius 1 is 1.09 bits per heavy atom. The van der Waals surface area contributed by atoms with Crippen LogP contribution in [0.2, 0.25) is 0 Å². The van der Waals surface area contributed by atoms with Crippen LogP contribution in [0.5, 0.6) is 0 Å². The lowest BCUT2D eigenvalue weighted by Gasteiger charge is -2.34. The summed E-state index contributed by atoms with van der Waals surface area (Å²) >= 11 is 1.39. The van der Waals surface area contributed by atoms with Crippen molar-refractivity contribution in [3.63, 3.8) is 0 Å². The third-order valence-corrected chi connectivity index (χ3v) is 7.06. The number of carbonyl (C=O) groups excluding carboxylic acids is 1. The number of carbonyl (C=O) groups is 1. The number of halogens is 3. The predicted octanol–water partition coefficient (Wildman–Crippen LogP) is 3.54. The molecular weight excluding hydrogens is 479 g/mol. The largest absolute Gasteiger partial charge is 0.433 e. The molecule has 1 aliphatic rings. The van der Waals surface area contributed by atoms with Crippen molar-refractivity contribution in [1.82, 2.24) is 29.5 Å². The van der Waals surface area contributed by atoms with Crippen LogP contribution in [0.4, 0.5) is 19.0 Å². The average molecular weight is 502 g/mol. The minimum Gasteiger partial charge on any atom is -0.383 e. The minimum atomic E-state index is -4.45. The van der Waals surface area contributed by atoms with Crippen molar-refractivity contribution in [3.8, 4) is 10.6 Å².